The Morgan fingerprint density at radius 1 is 1.24 bits per heavy atom. The quantitative estimate of drug-likeness (QED) is 0.366. The number of ether oxygens (including phenoxy) is 1. The zero-order valence-electron chi connectivity index (χ0n) is 15.9. The van der Waals surface area contributed by atoms with Gasteiger partial charge in [0.2, 0.25) is 0 Å². The van der Waals surface area contributed by atoms with Crippen molar-refractivity contribution in [2.24, 2.45) is 0 Å². The summed E-state index contributed by atoms with van der Waals surface area (Å²) in [6.07, 6.45) is 2.82. The predicted octanol–water partition coefficient (Wildman–Crippen LogP) is 4.69. The molecule has 150 valence electrons. The van der Waals surface area contributed by atoms with E-state index in [1.807, 2.05) is 48.7 Å². The van der Waals surface area contributed by atoms with Crippen LogP contribution in [0.3, 0.4) is 0 Å². The minimum atomic E-state index is -0.590. The van der Waals surface area contributed by atoms with Gasteiger partial charge in [0.1, 0.15) is 11.5 Å². The first-order chi connectivity index (χ1) is 13.9. The minimum Gasteiger partial charge on any atom is -0.459 e. The molecule has 1 aromatic carbocycles. The maximum absolute atomic E-state index is 12.2. The van der Waals surface area contributed by atoms with Gasteiger partial charge in [-0.3, -0.25) is 4.79 Å². The second kappa shape index (κ2) is 9.67. The summed E-state index contributed by atoms with van der Waals surface area (Å²) in [5.74, 6) is 0.455. The van der Waals surface area contributed by atoms with Crippen LogP contribution in [0.15, 0.2) is 56.7 Å². The molecule has 0 saturated carbocycles. The number of likely N-dealkylation sites (N-methyl/N-ethyl adjacent to an activating group) is 1. The lowest BCUT2D eigenvalue weighted by molar-refractivity contribution is -0.147. The van der Waals surface area contributed by atoms with Crippen molar-refractivity contribution in [1.29, 1.82) is 0 Å². The summed E-state index contributed by atoms with van der Waals surface area (Å²) in [7, 11) is 1.63. The molecule has 2 aromatic heterocycles. The number of benzene rings is 1. The zero-order chi connectivity index (χ0) is 20.8. The van der Waals surface area contributed by atoms with Gasteiger partial charge in [0.25, 0.3) is 5.91 Å². The lowest BCUT2D eigenvalue weighted by Crippen LogP contribution is -2.30. The van der Waals surface area contributed by atoms with E-state index in [9.17, 15) is 9.59 Å². The van der Waals surface area contributed by atoms with Crippen LogP contribution in [0.4, 0.5) is 0 Å². The Morgan fingerprint density at radius 3 is 2.69 bits per heavy atom. The number of halogens is 1. The fourth-order valence-corrected chi connectivity index (χ4v) is 3.30. The number of furan rings is 1. The number of carbonyl (C=O) groups is 2. The molecule has 0 N–H and O–H groups in total. The van der Waals surface area contributed by atoms with E-state index in [0.29, 0.717) is 11.5 Å². The Bertz CT molecular complexity index is 1020. The van der Waals surface area contributed by atoms with E-state index < -0.39 is 5.97 Å². The molecule has 0 aliphatic heterocycles. The average molecular weight is 475 g/mol. The molecule has 0 spiro atoms. The molecular weight excluding hydrogens is 456 g/mol. The molecule has 0 radical (unpaired) electrons. The molecule has 0 aliphatic carbocycles. The lowest BCUT2D eigenvalue weighted by Gasteiger charge is -2.15. The molecule has 0 unspecified atom stereocenters. The van der Waals surface area contributed by atoms with Crippen LogP contribution in [0.1, 0.15) is 16.5 Å². The third kappa shape index (κ3) is 6.13. The highest BCUT2D eigenvalue weighted by Crippen LogP contribution is 2.24. The lowest BCUT2D eigenvalue weighted by atomic mass is 10.2. The first kappa shape index (κ1) is 21.0. The second-order valence-corrected chi connectivity index (χ2v) is 8.23. The van der Waals surface area contributed by atoms with Gasteiger partial charge < -0.3 is 14.1 Å². The van der Waals surface area contributed by atoms with Crippen LogP contribution in [-0.4, -0.2) is 35.4 Å². The highest BCUT2D eigenvalue weighted by atomic mass is 79.9. The molecule has 0 saturated heterocycles. The van der Waals surface area contributed by atoms with E-state index in [1.54, 1.807) is 13.1 Å². The molecule has 8 heteroatoms. The van der Waals surface area contributed by atoms with E-state index in [-0.39, 0.29) is 19.1 Å². The number of carbonyl (C=O) groups excluding carboxylic acids is 2. The van der Waals surface area contributed by atoms with Crippen LogP contribution < -0.4 is 0 Å². The monoisotopic (exact) mass is 474 g/mol. The zero-order valence-corrected chi connectivity index (χ0v) is 18.3. The van der Waals surface area contributed by atoms with Gasteiger partial charge in [0, 0.05) is 28.5 Å². The first-order valence-corrected chi connectivity index (χ1v) is 10.4. The molecule has 2 heterocycles. The Hall–Kier alpha value is -2.71. The summed E-state index contributed by atoms with van der Waals surface area (Å²) in [5.41, 5.74) is 1.64. The van der Waals surface area contributed by atoms with E-state index >= 15 is 0 Å². The van der Waals surface area contributed by atoms with Crippen LogP contribution in [0.2, 0.25) is 0 Å². The highest BCUT2D eigenvalue weighted by Gasteiger charge is 2.14. The molecule has 6 nitrogen and oxygen atoms in total. The maximum atomic E-state index is 12.2. The van der Waals surface area contributed by atoms with E-state index in [2.05, 4.69) is 20.9 Å². The van der Waals surface area contributed by atoms with Crippen LogP contribution in [0, 0.1) is 6.92 Å². The number of thiazole rings is 1. The van der Waals surface area contributed by atoms with Gasteiger partial charge in [-0.25, -0.2) is 9.78 Å². The normalized spacial score (nSPS) is 11.0. The molecule has 3 rings (SSSR count). The summed E-state index contributed by atoms with van der Waals surface area (Å²) in [4.78, 5) is 29.6. The van der Waals surface area contributed by atoms with Gasteiger partial charge in [-0.2, -0.15) is 0 Å². The van der Waals surface area contributed by atoms with Crippen LogP contribution in [0.25, 0.3) is 17.4 Å². The third-order valence-electron chi connectivity index (χ3n) is 3.97. The van der Waals surface area contributed by atoms with E-state index in [4.69, 9.17) is 9.15 Å². The summed E-state index contributed by atoms with van der Waals surface area (Å²) in [6.45, 7) is 1.83. The van der Waals surface area contributed by atoms with Crippen molar-refractivity contribution in [1.82, 2.24) is 9.88 Å². The number of rotatable bonds is 7. The van der Waals surface area contributed by atoms with Crippen molar-refractivity contribution in [3.05, 3.63) is 68.8 Å². The fraction of sp³-hybridized carbons (Fsp3) is 0.190. The van der Waals surface area contributed by atoms with Crippen LogP contribution in [-0.2, 0) is 20.9 Å². The third-order valence-corrected chi connectivity index (χ3v) is 5.29. The van der Waals surface area contributed by atoms with Crippen molar-refractivity contribution < 1.29 is 18.7 Å². The number of amides is 1. The predicted molar refractivity (Wildman–Crippen MR) is 115 cm³/mol. The Kier molecular flexibility index (Phi) is 7.00. The van der Waals surface area contributed by atoms with Crippen molar-refractivity contribution in [3.8, 4) is 11.3 Å². The Morgan fingerprint density at radius 2 is 2.00 bits per heavy atom. The standard InChI is InChI=1S/C21H19BrN2O4S/c1-14-23-17(13-29-14)7-10-21(26)27-12-20(25)24(2)11-18-8-9-19(28-18)15-3-5-16(22)6-4-15/h3-10,13H,11-12H2,1-2H3/b10-7+. The molecule has 0 bridgehead atoms. The van der Waals surface area contributed by atoms with Gasteiger partial charge in [-0.15, -0.1) is 11.3 Å². The van der Waals surface area contributed by atoms with Gasteiger partial charge >= 0.3 is 5.97 Å². The summed E-state index contributed by atoms with van der Waals surface area (Å²) in [5, 5.41) is 2.75. The molecule has 1 amide bonds. The molecule has 29 heavy (non-hydrogen) atoms. The van der Waals surface area contributed by atoms with Crippen molar-refractivity contribution in [3.63, 3.8) is 0 Å². The topological polar surface area (TPSA) is 72.6 Å². The fourth-order valence-electron chi connectivity index (χ4n) is 2.46. The number of aryl methyl sites for hydroxylation is 1. The summed E-state index contributed by atoms with van der Waals surface area (Å²) in [6, 6.07) is 11.5. The van der Waals surface area contributed by atoms with Crippen LogP contribution >= 0.6 is 27.3 Å². The van der Waals surface area contributed by atoms with Gasteiger partial charge in [0.15, 0.2) is 6.61 Å². The number of nitrogens with zero attached hydrogens (tertiary/aromatic N) is 2. The van der Waals surface area contributed by atoms with E-state index in [0.717, 1.165) is 20.8 Å². The van der Waals surface area contributed by atoms with Crippen molar-refractivity contribution in [2.75, 3.05) is 13.7 Å². The maximum Gasteiger partial charge on any atom is 0.331 e. The Labute approximate surface area is 180 Å². The molecule has 0 fully saturated rings. The molecular formula is C21H19BrN2O4S. The number of hydrogen-bond acceptors (Lipinski definition) is 6. The number of aromatic nitrogens is 1. The Balaban J connectivity index is 1.48. The number of hydrogen-bond donors (Lipinski definition) is 0. The highest BCUT2D eigenvalue weighted by molar-refractivity contribution is 9.10. The van der Waals surface area contributed by atoms with Crippen molar-refractivity contribution in [2.45, 2.75) is 13.5 Å². The van der Waals surface area contributed by atoms with Crippen molar-refractivity contribution >= 4 is 45.2 Å². The molecule has 3 aromatic rings. The molecule has 0 atom stereocenters. The average Bonchev–Trinajstić information content (AvgIpc) is 3.34. The van der Waals surface area contributed by atoms with Gasteiger partial charge in [0.05, 0.1) is 17.2 Å². The minimum absolute atomic E-state index is 0.279. The molecule has 0 aliphatic rings. The smallest absolute Gasteiger partial charge is 0.331 e. The van der Waals surface area contributed by atoms with Gasteiger partial charge in [-0.05, 0) is 37.3 Å². The summed E-state index contributed by atoms with van der Waals surface area (Å²) >= 11 is 4.90. The second-order valence-electron chi connectivity index (χ2n) is 6.26. The van der Waals surface area contributed by atoms with E-state index in [1.165, 1.54) is 22.3 Å². The summed E-state index contributed by atoms with van der Waals surface area (Å²) < 4.78 is 11.8. The first-order valence-electron chi connectivity index (χ1n) is 8.76. The van der Waals surface area contributed by atoms with Crippen LogP contribution in [0.5, 0.6) is 0 Å². The van der Waals surface area contributed by atoms with Gasteiger partial charge in [-0.1, -0.05) is 28.1 Å². The largest absolute Gasteiger partial charge is 0.459 e. The SMILES string of the molecule is Cc1nc(/C=C/C(=O)OCC(=O)N(C)Cc2ccc(-c3ccc(Br)cc3)o2)cs1. The number of esters is 1.